The van der Waals surface area contributed by atoms with E-state index in [2.05, 4.69) is 28.9 Å². The molecule has 2 aliphatic rings. The number of nitrogens with zero attached hydrogens (tertiary/aromatic N) is 4. The van der Waals surface area contributed by atoms with Gasteiger partial charge in [0.1, 0.15) is 17.6 Å². The van der Waals surface area contributed by atoms with Gasteiger partial charge in [-0.2, -0.15) is 0 Å². The van der Waals surface area contributed by atoms with Crippen LogP contribution in [-0.4, -0.2) is 57.0 Å². The minimum Gasteiger partial charge on any atom is -0.481 e. The number of likely N-dealkylation sites (tertiary alicyclic amines) is 1. The van der Waals surface area contributed by atoms with E-state index in [1.807, 2.05) is 4.57 Å². The molecule has 0 bridgehead atoms. The van der Waals surface area contributed by atoms with Gasteiger partial charge in [-0.05, 0) is 26.2 Å². The van der Waals surface area contributed by atoms with E-state index in [0.717, 1.165) is 18.8 Å². The van der Waals surface area contributed by atoms with E-state index in [9.17, 15) is 9.90 Å². The molecular weight excluding hydrogens is 272 g/mol. The second-order valence-corrected chi connectivity index (χ2v) is 6.42. The molecule has 21 heavy (non-hydrogen) atoms. The maximum absolute atomic E-state index is 11.7. The summed E-state index contributed by atoms with van der Waals surface area (Å²) in [4.78, 5) is 13.9. The fourth-order valence-electron chi connectivity index (χ4n) is 3.53. The summed E-state index contributed by atoms with van der Waals surface area (Å²) in [6.07, 6.45) is 2.55. The number of carbonyl (C=O) groups is 1. The molecule has 1 aromatic heterocycles. The third kappa shape index (κ3) is 2.44. The highest BCUT2D eigenvalue weighted by Crippen LogP contribution is 2.42. The lowest BCUT2D eigenvalue weighted by molar-refractivity contribution is -0.159. The van der Waals surface area contributed by atoms with Crippen LogP contribution in [0.4, 0.5) is 0 Å². The van der Waals surface area contributed by atoms with E-state index in [1.165, 1.54) is 0 Å². The molecule has 0 spiro atoms. The Hall–Kier alpha value is -1.47. The average Bonchev–Trinajstić information content (AvgIpc) is 3.03. The fraction of sp³-hybridized carbons (Fsp3) is 0.786. The second-order valence-electron chi connectivity index (χ2n) is 6.42. The molecule has 7 heteroatoms. The average molecular weight is 294 g/mol. The molecule has 3 heterocycles. The lowest BCUT2D eigenvalue weighted by Gasteiger charge is -2.34. The zero-order chi connectivity index (χ0) is 15.0. The summed E-state index contributed by atoms with van der Waals surface area (Å²) in [7, 11) is 0. The van der Waals surface area contributed by atoms with Gasteiger partial charge in [-0.25, -0.2) is 0 Å². The molecule has 2 saturated heterocycles. The van der Waals surface area contributed by atoms with Crippen LogP contribution < -0.4 is 0 Å². The van der Waals surface area contributed by atoms with Crippen LogP contribution in [-0.2, 0) is 16.1 Å². The first kappa shape index (κ1) is 14.5. The van der Waals surface area contributed by atoms with Crippen LogP contribution in [0.2, 0.25) is 0 Å². The van der Waals surface area contributed by atoms with Gasteiger partial charge in [0.15, 0.2) is 0 Å². The summed E-state index contributed by atoms with van der Waals surface area (Å²) < 4.78 is 7.49. The zero-order valence-electron chi connectivity index (χ0n) is 12.5. The van der Waals surface area contributed by atoms with Gasteiger partial charge in [-0.3, -0.25) is 9.69 Å². The van der Waals surface area contributed by atoms with E-state index in [4.69, 9.17) is 4.74 Å². The van der Waals surface area contributed by atoms with Crippen LogP contribution in [0.1, 0.15) is 32.1 Å². The van der Waals surface area contributed by atoms with Crippen molar-refractivity contribution >= 4 is 5.97 Å². The molecule has 3 rings (SSSR count). The maximum Gasteiger partial charge on any atom is 0.313 e. The molecule has 2 aliphatic heterocycles. The largest absolute Gasteiger partial charge is 0.481 e. The molecule has 0 aromatic carbocycles. The highest BCUT2D eigenvalue weighted by atomic mass is 16.5. The Morgan fingerprint density at radius 2 is 2.43 bits per heavy atom. The molecule has 1 aromatic rings. The Bertz CT molecular complexity index is 530. The molecule has 0 radical (unpaired) electrons. The van der Waals surface area contributed by atoms with Crippen molar-refractivity contribution in [3.63, 3.8) is 0 Å². The molecule has 1 N–H and O–H groups in total. The number of carboxylic acid groups (broad SMARTS) is 1. The topological polar surface area (TPSA) is 80.5 Å². The first-order valence-corrected chi connectivity index (χ1v) is 7.45. The molecule has 2 atom stereocenters. The predicted octanol–water partition coefficient (Wildman–Crippen LogP) is 0.782. The number of ether oxygens (including phenoxy) is 1. The summed E-state index contributed by atoms with van der Waals surface area (Å²) in [5.74, 6) is 0.323. The first-order chi connectivity index (χ1) is 10.0. The summed E-state index contributed by atoms with van der Waals surface area (Å²) in [5.41, 5.74) is -0.749. The lowest BCUT2D eigenvalue weighted by atomic mass is 9.76. The quantitative estimate of drug-likeness (QED) is 0.884. The number of hydrogen-bond acceptors (Lipinski definition) is 5. The summed E-state index contributed by atoms with van der Waals surface area (Å²) >= 11 is 0. The van der Waals surface area contributed by atoms with Crippen molar-refractivity contribution in [3.8, 4) is 0 Å². The highest BCUT2D eigenvalue weighted by molar-refractivity contribution is 5.76. The van der Waals surface area contributed by atoms with E-state index in [1.54, 1.807) is 6.33 Å². The predicted molar refractivity (Wildman–Crippen MR) is 74.7 cm³/mol. The lowest BCUT2D eigenvalue weighted by Crippen LogP contribution is -2.46. The standard InChI is InChI=1S/C14H22N4O3/c1-10(2)18-9-15-16-12(18)6-17-5-11-3-4-21-8-14(11,7-17)13(19)20/h9-11H,3-8H2,1-2H3,(H,19,20)/t11-,14+/m0/s1. The molecule has 0 saturated carbocycles. The van der Waals surface area contributed by atoms with E-state index in [-0.39, 0.29) is 5.92 Å². The molecule has 0 aliphatic carbocycles. The van der Waals surface area contributed by atoms with Crippen LogP contribution in [0.25, 0.3) is 0 Å². The van der Waals surface area contributed by atoms with E-state index in [0.29, 0.717) is 32.3 Å². The summed E-state index contributed by atoms with van der Waals surface area (Å²) in [5, 5.41) is 17.8. The molecule has 0 unspecified atom stereocenters. The van der Waals surface area contributed by atoms with Crippen LogP contribution >= 0.6 is 0 Å². The van der Waals surface area contributed by atoms with Crippen LogP contribution in [0.15, 0.2) is 6.33 Å². The van der Waals surface area contributed by atoms with E-state index < -0.39 is 11.4 Å². The summed E-state index contributed by atoms with van der Waals surface area (Å²) in [6.45, 7) is 7.12. The summed E-state index contributed by atoms with van der Waals surface area (Å²) in [6, 6.07) is 0.302. The molecule has 2 fully saturated rings. The van der Waals surface area contributed by atoms with Gasteiger partial charge in [-0.15, -0.1) is 10.2 Å². The van der Waals surface area contributed by atoms with Crippen molar-refractivity contribution < 1.29 is 14.6 Å². The highest BCUT2D eigenvalue weighted by Gasteiger charge is 2.54. The Balaban J connectivity index is 1.76. The Morgan fingerprint density at radius 3 is 3.10 bits per heavy atom. The number of carboxylic acids is 1. The minimum absolute atomic E-state index is 0.166. The first-order valence-electron chi connectivity index (χ1n) is 7.45. The van der Waals surface area contributed by atoms with Gasteiger partial charge in [0, 0.05) is 25.7 Å². The SMILES string of the molecule is CC(C)n1cnnc1CN1C[C@@H]2CCOC[C@]2(C(=O)O)C1. The molecular formula is C14H22N4O3. The van der Waals surface area contributed by atoms with Crippen molar-refractivity contribution in [2.45, 2.75) is 32.9 Å². The van der Waals surface area contributed by atoms with Gasteiger partial charge >= 0.3 is 5.97 Å². The van der Waals surface area contributed by atoms with Crippen molar-refractivity contribution in [1.82, 2.24) is 19.7 Å². The van der Waals surface area contributed by atoms with Gasteiger partial charge < -0.3 is 14.4 Å². The molecule has 0 amide bonds. The second kappa shape index (κ2) is 5.38. The van der Waals surface area contributed by atoms with Crippen LogP contribution in [0, 0.1) is 11.3 Å². The van der Waals surface area contributed by atoms with Gasteiger partial charge in [-0.1, -0.05) is 0 Å². The van der Waals surface area contributed by atoms with Gasteiger partial charge in [0.25, 0.3) is 0 Å². The Kier molecular flexibility index (Phi) is 3.71. The maximum atomic E-state index is 11.7. The van der Waals surface area contributed by atoms with Crippen molar-refractivity contribution in [3.05, 3.63) is 12.2 Å². The van der Waals surface area contributed by atoms with Crippen molar-refractivity contribution in [1.29, 1.82) is 0 Å². The van der Waals surface area contributed by atoms with Crippen molar-refractivity contribution in [2.75, 3.05) is 26.3 Å². The Morgan fingerprint density at radius 1 is 1.62 bits per heavy atom. The number of rotatable bonds is 4. The van der Waals surface area contributed by atoms with Crippen molar-refractivity contribution in [2.24, 2.45) is 11.3 Å². The molecule has 116 valence electrons. The fourth-order valence-corrected chi connectivity index (χ4v) is 3.53. The number of aliphatic carboxylic acids is 1. The molecule has 7 nitrogen and oxygen atoms in total. The third-order valence-electron chi connectivity index (χ3n) is 4.73. The Labute approximate surface area is 123 Å². The third-order valence-corrected chi connectivity index (χ3v) is 4.73. The number of hydrogen-bond donors (Lipinski definition) is 1. The zero-order valence-corrected chi connectivity index (χ0v) is 12.5. The van der Waals surface area contributed by atoms with Gasteiger partial charge in [0.2, 0.25) is 0 Å². The number of fused-ring (bicyclic) bond motifs is 1. The van der Waals surface area contributed by atoms with E-state index >= 15 is 0 Å². The minimum atomic E-state index is -0.749. The smallest absolute Gasteiger partial charge is 0.313 e. The van der Waals surface area contributed by atoms with Crippen LogP contribution in [0.3, 0.4) is 0 Å². The monoisotopic (exact) mass is 294 g/mol. The van der Waals surface area contributed by atoms with Gasteiger partial charge in [0.05, 0.1) is 13.2 Å². The van der Waals surface area contributed by atoms with Crippen LogP contribution in [0.5, 0.6) is 0 Å². The normalized spacial score (nSPS) is 29.8. The number of aromatic nitrogens is 3.